The van der Waals surface area contributed by atoms with Gasteiger partial charge in [0.15, 0.2) is 0 Å². The average Bonchev–Trinajstić information content (AvgIpc) is 2.92. The van der Waals surface area contributed by atoms with Gasteiger partial charge in [0.25, 0.3) is 5.91 Å². The fourth-order valence-corrected chi connectivity index (χ4v) is 2.65. The highest BCUT2D eigenvalue weighted by Crippen LogP contribution is 2.29. The molecular formula is C18H26N2O3. The van der Waals surface area contributed by atoms with Crippen LogP contribution in [0.1, 0.15) is 56.8 Å². The first-order valence-electron chi connectivity index (χ1n) is 8.12. The largest absolute Gasteiger partial charge is 0.388 e. The molecule has 0 saturated heterocycles. The van der Waals surface area contributed by atoms with E-state index in [0.717, 1.165) is 25.7 Å². The number of rotatable bonds is 4. The minimum absolute atomic E-state index is 0.146. The molecule has 0 radical (unpaired) electrons. The highest BCUT2D eigenvalue weighted by molar-refractivity contribution is 6.04. The minimum atomic E-state index is -0.792. The molecule has 1 saturated carbocycles. The Bertz CT molecular complexity index is 584. The summed E-state index contributed by atoms with van der Waals surface area (Å²) in [7, 11) is 0. The van der Waals surface area contributed by atoms with Crippen molar-refractivity contribution in [3.8, 4) is 0 Å². The third kappa shape index (κ3) is 4.55. The van der Waals surface area contributed by atoms with Crippen molar-refractivity contribution >= 4 is 17.5 Å². The lowest BCUT2D eigenvalue weighted by Crippen LogP contribution is -2.41. The van der Waals surface area contributed by atoms with Gasteiger partial charge < -0.3 is 15.7 Å². The number of amides is 2. The van der Waals surface area contributed by atoms with Crippen molar-refractivity contribution in [3.05, 3.63) is 29.8 Å². The molecule has 1 aliphatic rings. The van der Waals surface area contributed by atoms with Gasteiger partial charge in [-0.05, 0) is 25.0 Å². The topological polar surface area (TPSA) is 78.4 Å². The molecule has 3 N–H and O–H groups in total. The standard InChI is InChI=1S/C18H26N2O3/c1-17(2,3)16(22)20-14-9-5-4-8-13(14)15(21)19-12-18(23)10-6-7-11-18/h4-5,8-9,23H,6-7,10-12H2,1-3H3,(H,19,21)(H,20,22). The molecule has 1 aromatic rings. The Hall–Kier alpha value is -1.88. The predicted octanol–water partition coefficient (Wildman–Crippen LogP) is 2.71. The molecule has 1 aromatic carbocycles. The Kier molecular flexibility index (Phi) is 5.09. The molecule has 2 rings (SSSR count). The maximum Gasteiger partial charge on any atom is 0.253 e. The highest BCUT2D eigenvalue weighted by atomic mass is 16.3. The molecule has 1 fully saturated rings. The second-order valence-corrected chi connectivity index (χ2v) is 7.36. The van der Waals surface area contributed by atoms with E-state index in [-0.39, 0.29) is 18.4 Å². The molecule has 0 unspecified atom stereocenters. The molecule has 0 bridgehead atoms. The maximum atomic E-state index is 12.4. The van der Waals surface area contributed by atoms with Crippen LogP contribution in [0.25, 0.3) is 0 Å². The molecular weight excluding hydrogens is 292 g/mol. The Morgan fingerprint density at radius 2 is 1.78 bits per heavy atom. The van der Waals surface area contributed by atoms with Gasteiger partial charge in [-0.3, -0.25) is 9.59 Å². The summed E-state index contributed by atoms with van der Waals surface area (Å²) in [6.07, 6.45) is 3.42. The number of aliphatic hydroxyl groups is 1. The molecule has 2 amide bonds. The van der Waals surface area contributed by atoms with Crippen molar-refractivity contribution in [2.75, 3.05) is 11.9 Å². The van der Waals surface area contributed by atoms with Gasteiger partial charge in [0, 0.05) is 12.0 Å². The van der Waals surface area contributed by atoms with Gasteiger partial charge in [-0.1, -0.05) is 45.7 Å². The summed E-state index contributed by atoms with van der Waals surface area (Å²) in [6.45, 7) is 5.70. The van der Waals surface area contributed by atoms with Gasteiger partial charge in [-0.25, -0.2) is 0 Å². The molecule has 126 valence electrons. The number of anilines is 1. The van der Waals surface area contributed by atoms with Crippen LogP contribution >= 0.6 is 0 Å². The Labute approximate surface area is 137 Å². The molecule has 23 heavy (non-hydrogen) atoms. The number of carbonyl (C=O) groups excluding carboxylic acids is 2. The Balaban J connectivity index is 2.07. The lowest BCUT2D eigenvalue weighted by Gasteiger charge is -2.23. The SMILES string of the molecule is CC(C)(C)C(=O)Nc1ccccc1C(=O)NCC1(O)CCCC1. The predicted molar refractivity (Wildman–Crippen MR) is 90.3 cm³/mol. The van der Waals surface area contributed by atoms with Crippen LogP contribution in [-0.4, -0.2) is 29.1 Å². The molecule has 5 heteroatoms. The third-order valence-corrected chi connectivity index (χ3v) is 4.21. The lowest BCUT2D eigenvalue weighted by molar-refractivity contribution is -0.123. The molecule has 0 heterocycles. The van der Waals surface area contributed by atoms with Gasteiger partial charge in [0.2, 0.25) is 5.91 Å². The fourth-order valence-electron chi connectivity index (χ4n) is 2.65. The normalized spacial score (nSPS) is 16.9. The van der Waals surface area contributed by atoms with Gasteiger partial charge in [-0.2, -0.15) is 0 Å². The number of hydrogen-bond acceptors (Lipinski definition) is 3. The average molecular weight is 318 g/mol. The Morgan fingerprint density at radius 3 is 2.39 bits per heavy atom. The van der Waals surface area contributed by atoms with E-state index in [0.29, 0.717) is 11.3 Å². The number of carbonyl (C=O) groups is 2. The summed E-state index contributed by atoms with van der Waals surface area (Å²) in [5.74, 6) is -0.428. The molecule has 0 atom stereocenters. The summed E-state index contributed by atoms with van der Waals surface area (Å²) >= 11 is 0. The van der Waals surface area contributed by atoms with Crippen molar-refractivity contribution in [3.63, 3.8) is 0 Å². The van der Waals surface area contributed by atoms with Crippen molar-refractivity contribution in [1.82, 2.24) is 5.32 Å². The van der Waals surface area contributed by atoms with E-state index in [1.807, 2.05) is 20.8 Å². The van der Waals surface area contributed by atoms with Gasteiger partial charge in [-0.15, -0.1) is 0 Å². The van der Waals surface area contributed by atoms with E-state index in [1.54, 1.807) is 24.3 Å². The van der Waals surface area contributed by atoms with E-state index in [4.69, 9.17) is 0 Å². The molecule has 5 nitrogen and oxygen atoms in total. The van der Waals surface area contributed by atoms with Crippen LogP contribution in [0, 0.1) is 5.41 Å². The highest BCUT2D eigenvalue weighted by Gasteiger charge is 2.31. The molecule has 0 aromatic heterocycles. The quantitative estimate of drug-likeness (QED) is 0.798. The second kappa shape index (κ2) is 6.71. The van der Waals surface area contributed by atoms with Crippen LogP contribution in [0.5, 0.6) is 0 Å². The van der Waals surface area contributed by atoms with Crippen molar-refractivity contribution < 1.29 is 14.7 Å². The second-order valence-electron chi connectivity index (χ2n) is 7.36. The summed E-state index contributed by atoms with van der Waals surface area (Å²) in [5.41, 5.74) is -0.433. The smallest absolute Gasteiger partial charge is 0.253 e. The van der Waals surface area contributed by atoms with E-state index in [9.17, 15) is 14.7 Å². The summed E-state index contributed by atoms with van der Waals surface area (Å²) in [6, 6.07) is 6.92. The monoisotopic (exact) mass is 318 g/mol. The van der Waals surface area contributed by atoms with E-state index >= 15 is 0 Å². The number of benzene rings is 1. The first-order valence-corrected chi connectivity index (χ1v) is 8.12. The van der Waals surface area contributed by atoms with E-state index < -0.39 is 11.0 Å². The van der Waals surface area contributed by atoms with Crippen LogP contribution in [0.3, 0.4) is 0 Å². The van der Waals surface area contributed by atoms with Gasteiger partial charge in [0.05, 0.1) is 16.9 Å². The van der Waals surface area contributed by atoms with E-state index in [1.165, 1.54) is 0 Å². The fraction of sp³-hybridized carbons (Fsp3) is 0.556. The lowest BCUT2D eigenvalue weighted by atomic mass is 9.95. The summed E-state index contributed by atoms with van der Waals surface area (Å²) in [5, 5.41) is 15.9. The zero-order valence-corrected chi connectivity index (χ0v) is 14.1. The van der Waals surface area contributed by atoms with Crippen molar-refractivity contribution in [2.24, 2.45) is 5.41 Å². The summed E-state index contributed by atoms with van der Waals surface area (Å²) < 4.78 is 0. The maximum absolute atomic E-state index is 12.4. The molecule has 0 spiro atoms. The first kappa shape index (κ1) is 17.5. The third-order valence-electron chi connectivity index (χ3n) is 4.21. The zero-order valence-electron chi connectivity index (χ0n) is 14.1. The molecule has 0 aliphatic heterocycles. The van der Waals surface area contributed by atoms with Crippen LogP contribution in [0.4, 0.5) is 5.69 Å². The number of para-hydroxylation sites is 1. The first-order chi connectivity index (χ1) is 10.7. The van der Waals surface area contributed by atoms with Crippen LogP contribution in [-0.2, 0) is 4.79 Å². The van der Waals surface area contributed by atoms with Crippen molar-refractivity contribution in [2.45, 2.75) is 52.1 Å². The zero-order chi connectivity index (χ0) is 17.1. The van der Waals surface area contributed by atoms with Crippen molar-refractivity contribution in [1.29, 1.82) is 0 Å². The number of nitrogens with one attached hydrogen (secondary N) is 2. The van der Waals surface area contributed by atoms with Gasteiger partial charge >= 0.3 is 0 Å². The number of hydrogen-bond donors (Lipinski definition) is 3. The molecule has 1 aliphatic carbocycles. The minimum Gasteiger partial charge on any atom is -0.388 e. The van der Waals surface area contributed by atoms with Crippen LogP contribution in [0.2, 0.25) is 0 Å². The van der Waals surface area contributed by atoms with Crippen LogP contribution in [0.15, 0.2) is 24.3 Å². The summed E-state index contributed by atoms with van der Waals surface area (Å²) in [4.78, 5) is 24.6. The van der Waals surface area contributed by atoms with Crippen LogP contribution < -0.4 is 10.6 Å². The Morgan fingerprint density at radius 1 is 1.17 bits per heavy atom. The van der Waals surface area contributed by atoms with E-state index in [2.05, 4.69) is 10.6 Å². The van der Waals surface area contributed by atoms with Gasteiger partial charge in [0.1, 0.15) is 0 Å².